The van der Waals surface area contributed by atoms with E-state index in [2.05, 4.69) is 20.7 Å². The average molecular weight is 538 g/mol. The van der Waals surface area contributed by atoms with Crippen LogP contribution in [-0.2, 0) is 4.79 Å². The number of aromatic nitrogens is 1. The van der Waals surface area contributed by atoms with Crippen LogP contribution in [-0.4, -0.2) is 65.6 Å². The Morgan fingerprint density at radius 3 is 2.48 bits per heavy atom. The summed E-state index contributed by atoms with van der Waals surface area (Å²) in [6.45, 7) is 2.68. The van der Waals surface area contributed by atoms with Crippen molar-refractivity contribution in [3.8, 4) is 0 Å². The Bertz CT molecular complexity index is 1570. The number of para-hydroxylation sites is 1. The Hall–Kier alpha value is -5.16. The maximum atomic E-state index is 12.6. The molecule has 40 heavy (non-hydrogen) atoms. The van der Waals surface area contributed by atoms with Crippen molar-refractivity contribution in [2.24, 2.45) is 5.10 Å². The largest absolute Gasteiger partial charge is 0.353 e. The summed E-state index contributed by atoms with van der Waals surface area (Å²) in [6, 6.07) is 24.6. The van der Waals surface area contributed by atoms with Crippen molar-refractivity contribution in [3.63, 3.8) is 0 Å². The van der Waals surface area contributed by atoms with Gasteiger partial charge in [-0.15, -0.1) is 0 Å². The molecule has 1 aromatic heterocycles. The highest BCUT2D eigenvalue weighted by atomic mass is 16.6. The van der Waals surface area contributed by atoms with Gasteiger partial charge >= 0.3 is 0 Å². The number of hydrazone groups is 1. The molecule has 0 spiro atoms. The maximum Gasteiger partial charge on any atom is 0.271 e. The van der Waals surface area contributed by atoms with Crippen molar-refractivity contribution < 1.29 is 14.5 Å². The van der Waals surface area contributed by atoms with E-state index in [1.54, 1.807) is 36.5 Å². The highest BCUT2D eigenvalue weighted by Gasteiger charge is 2.22. The molecule has 1 fully saturated rings. The summed E-state index contributed by atoms with van der Waals surface area (Å²) in [5.74, 6) is 0.209. The zero-order valence-electron chi connectivity index (χ0n) is 21.6. The van der Waals surface area contributed by atoms with Gasteiger partial charge < -0.3 is 10.2 Å². The number of fused-ring (bicyclic) bond motifs is 1. The van der Waals surface area contributed by atoms with Crippen molar-refractivity contribution in [2.45, 2.75) is 0 Å². The van der Waals surface area contributed by atoms with E-state index in [9.17, 15) is 19.7 Å². The van der Waals surface area contributed by atoms with Gasteiger partial charge in [0.15, 0.2) is 0 Å². The Kier molecular flexibility index (Phi) is 8.02. The molecule has 1 aliphatic heterocycles. The minimum Gasteiger partial charge on any atom is -0.353 e. The van der Waals surface area contributed by atoms with Gasteiger partial charge in [0.05, 0.1) is 23.2 Å². The lowest BCUT2D eigenvalue weighted by atomic mass is 10.1. The number of piperazine rings is 1. The summed E-state index contributed by atoms with van der Waals surface area (Å²) >= 11 is 0. The lowest BCUT2D eigenvalue weighted by Gasteiger charge is -2.35. The van der Waals surface area contributed by atoms with E-state index in [0.717, 1.165) is 22.3 Å². The maximum absolute atomic E-state index is 12.6. The van der Waals surface area contributed by atoms with Crippen LogP contribution in [0.2, 0.25) is 0 Å². The quantitative estimate of drug-likeness (QED) is 0.199. The van der Waals surface area contributed by atoms with Crippen LogP contribution in [0.4, 0.5) is 17.2 Å². The third-order valence-electron chi connectivity index (χ3n) is 6.52. The van der Waals surface area contributed by atoms with E-state index in [0.29, 0.717) is 37.4 Å². The van der Waals surface area contributed by atoms with Gasteiger partial charge in [-0.05, 0) is 30.3 Å². The smallest absolute Gasteiger partial charge is 0.271 e. The summed E-state index contributed by atoms with van der Waals surface area (Å²) in [5.41, 5.74) is 5.02. The van der Waals surface area contributed by atoms with Crippen molar-refractivity contribution >= 4 is 46.1 Å². The molecule has 2 amide bonds. The number of amides is 2. The number of nitro benzene ring substituents is 1. The van der Waals surface area contributed by atoms with Gasteiger partial charge in [-0.25, -0.2) is 10.4 Å². The van der Waals surface area contributed by atoms with Gasteiger partial charge in [0.2, 0.25) is 5.91 Å². The number of nitrogens with one attached hydrogen (secondary N) is 2. The molecule has 4 aromatic rings. The first kappa shape index (κ1) is 26.4. The number of hydrogen-bond donors (Lipinski definition) is 2. The zero-order chi connectivity index (χ0) is 27.9. The van der Waals surface area contributed by atoms with E-state index in [-0.39, 0.29) is 24.0 Å². The first-order chi connectivity index (χ1) is 19.5. The monoisotopic (exact) mass is 537 g/mol. The summed E-state index contributed by atoms with van der Waals surface area (Å²) in [5, 5.41) is 18.9. The number of nitrogens with zero attached hydrogens (tertiary/aromatic N) is 5. The second-order valence-electron chi connectivity index (χ2n) is 9.28. The van der Waals surface area contributed by atoms with Crippen LogP contribution in [0.3, 0.4) is 0 Å². The van der Waals surface area contributed by atoms with Crippen molar-refractivity contribution in [1.29, 1.82) is 0 Å². The van der Waals surface area contributed by atoms with E-state index in [1.807, 2.05) is 41.3 Å². The van der Waals surface area contributed by atoms with Gasteiger partial charge in [0, 0.05) is 60.5 Å². The van der Waals surface area contributed by atoms with Crippen molar-refractivity contribution in [1.82, 2.24) is 15.3 Å². The molecule has 11 nitrogen and oxygen atoms in total. The standard InChI is InChI=1S/C29H27N7O4/c37-27(31-24-10-6-11-25(18-24)36(39)40)20-34-13-15-35(16-14-34)28-23(17-22-9-4-5-12-26(22)32-28)19-30-33-29(38)21-7-2-1-3-8-21/h1-12,17-19H,13-16,20H2,(H,31,37)(H,33,38)/b30-19+. The minimum absolute atomic E-state index is 0.0757. The second kappa shape index (κ2) is 12.1. The fourth-order valence-corrected chi connectivity index (χ4v) is 4.50. The van der Waals surface area contributed by atoms with Crippen LogP contribution in [0.1, 0.15) is 15.9 Å². The van der Waals surface area contributed by atoms with Crippen LogP contribution in [0, 0.1) is 10.1 Å². The average Bonchev–Trinajstić information content (AvgIpc) is 2.97. The van der Waals surface area contributed by atoms with Crippen LogP contribution < -0.4 is 15.6 Å². The van der Waals surface area contributed by atoms with Gasteiger partial charge in [-0.3, -0.25) is 24.6 Å². The summed E-state index contributed by atoms with van der Waals surface area (Å²) in [4.78, 5) is 44.5. The van der Waals surface area contributed by atoms with Gasteiger partial charge in [-0.1, -0.05) is 42.5 Å². The lowest BCUT2D eigenvalue weighted by Crippen LogP contribution is -2.49. The number of non-ortho nitro benzene ring substituents is 1. The summed E-state index contributed by atoms with van der Waals surface area (Å²) in [6.07, 6.45) is 1.61. The molecule has 0 saturated carbocycles. The fourth-order valence-electron chi connectivity index (χ4n) is 4.50. The van der Waals surface area contributed by atoms with Gasteiger partial charge in [0.1, 0.15) is 5.82 Å². The van der Waals surface area contributed by atoms with E-state index < -0.39 is 4.92 Å². The highest BCUT2D eigenvalue weighted by Crippen LogP contribution is 2.24. The molecule has 0 radical (unpaired) electrons. The van der Waals surface area contributed by atoms with Crippen LogP contribution in [0.5, 0.6) is 0 Å². The predicted molar refractivity (Wildman–Crippen MR) is 154 cm³/mol. The van der Waals surface area contributed by atoms with Gasteiger partial charge in [-0.2, -0.15) is 5.10 Å². The molecule has 1 saturated heterocycles. The number of pyridine rings is 1. The molecule has 0 aliphatic carbocycles. The first-order valence-electron chi connectivity index (χ1n) is 12.8. The Labute approximate surface area is 230 Å². The van der Waals surface area contributed by atoms with Crippen molar-refractivity contribution in [3.05, 3.63) is 106 Å². The second-order valence-corrected chi connectivity index (χ2v) is 9.28. The third-order valence-corrected chi connectivity index (χ3v) is 6.52. The number of carbonyl (C=O) groups is 2. The number of carbonyl (C=O) groups excluding carboxylic acids is 2. The normalized spacial score (nSPS) is 13.8. The number of anilines is 2. The Balaban J connectivity index is 1.24. The van der Waals surface area contributed by atoms with E-state index in [4.69, 9.17) is 4.98 Å². The first-order valence-corrected chi connectivity index (χ1v) is 12.8. The number of nitro groups is 1. The SMILES string of the molecule is O=C(CN1CCN(c2nc3ccccc3cc2/C=N/NC(=O)c2ccccc2)CC1)Nc1cccc([N+](=O)[O-])c1. The molecule has 0 atom stereocenters. The topological polar surface area (TPSA) is 133 Å². The van der Waals surface area contributed by atoms with E-state index in [1.165, 1.54) is 18.2 Å². The highest BCUT2D eigenvalue weighted by molar-refractivity contribution is 5.97. The predicted octanol–water partition coefficient (Wildman–Crippen LogP) is 3.67. The Morgan fingerprint density at radius 2 is 1.70 bits per heavy atom. The Morgan fingerprint density at radius 1 is 0.950 bits per heavy atom. The number of benzene rings is 3. The molecular weight excluding hydrogens is 510 g/mol. The van der Waals surface area contributed by atoms with E-state index >= 15 is 0 Å². The number of hydrogen-bond acceptors (Lipinski definition) is 8. The van der Waals surface area contributed by atoms with Gasteiger partial charge in [0.25, 0.3) is 11.6 Å². The summed E-state index contributed by atoms with van der Waals surface area (Å²) in [7, 11) is 0. The minimum atomic E-state index is -0.494. The lowest BCUT2D eigenvalue weighted by molar-refractivity contribution is -0.384. The molecule has 2 N–H and O–H groups in total. The zero-order valence-corrected chi connectivity index (χ0v) is 21.6. The molecule has 1 aliphatic rings. The molecule has 2 heterocycles. The fraction of sp³-hybridized carbons (Fsp3) is 0.172. The molecule has 0 bridgehead atoms. The van der Waals surface area contributed by atoms with Crippen molar-refractivity contribution in [2.75, 3.05) is 42.9 Å². The van der Waals surface area contributed by atoms with Crippen LogP contribution in [0.15, 0.2) is 90.0 Å². The number of rotatable bonds is 8. The van der Waals surface area contributed by atoms with Crippen LogP contribution >= 0.6 is 0 Å². The molecule has 5 rings (SSSR count). The molecule has 11 heteroatoms. The molecular formula is C29H27N7O4. The third kappa shape index (κ3) is 6.45. The van der Waals surface area contributed by atoms with Crippen LogP contribution in [0.25, 0.3) is 10.9 Å². The molecule has 202 valence electrons. The molecule has 3 aromatic carbocycles. The molecule has 0 unspecified atom stereocenters. The summed E-state index contributed by atoms with van der Waals surface area (Å²) < 4.78 is 0.